The van der Waals surface area contributed by atoms with Gasteiger partial charge in [-0.05, 0) is 20.8 Å². The van der Waals surface area contributed by atoms with Crippen molar-refractivity contribution in [1.29, 1.82) is 0 Å². The van der Waals surface area contributed by atoms with Crippen LogP contribution in [0.2, 0.25) is 0 Å². The number of phosphoric acid groups is 2. The second-order valence-electron chi connectivity index (χ2n) is 7.07. The fourth-order valence-electron chi connectivity index (χ4n) is 2.60. The molecular weight excluding hydrogens is 625 g/mol. The number of halogens is 1. The van der Waals surface area contributed by atoms with Crippen LogP contribution >= 0.6 is 59.8 Å². The van der Waals surface area contributed by atoms with Crippen molar-refractivity contribution in [1.82, 2.24) is 9.55 Å². The van der Waals surface area contributed by atoms with Gasteiger partial charge in [-0.15, -0.1) is 0 Å². The average molecular weight is 648 g/mol. The van der Waals surface area contributed by atoms with Gasteiger partial charge in [-0.2, -0.15) is 4.31 Å². The van der Waals surface area contributed by atoms with Gasteiger partial charge in [-0.25, -0.2) is 13.9 Å². The largest absolute Gasteiger partial charge is 0.481 e. The third-order valence-electron chi connectivity index (χ3n) is 3.84. The van der Waals surface area contributed by atoms with E-state index in [0.717, 1.165) is 4.57 Å². The molecule has 18 heteroatoms. The summed E-state index contributed by atoms with van der Waals surface area (Å²) in [7, 11) is -7.37. The number of rotatable bonds is 11. The Labute approximate surface area is 204 Å². The number of phosphoric ester groups is 1. The fraction of sp³-hybridized carbons (Fsp3) is 0.714. The summed E-state index contributed by atoms with van der Waals surface area (Å²) in [6, 6.07) is 0. The normalized spacial score (nSPS) is 23.9. The van der Waals surface area contributed by atoms with Gasteiger partial charge in [-0.1, -0.05) is 44.2 Å². The SMILES string of the molecule is Cc1cn([C@H]2CC(OCSSC(C)(C)I)[C@@H](COP(=O)(O)OP(=O)(O)O)O2)c(=O)[nH]c1=O. The van der Waals surface area contributed by atoms with Crippen LogP contribution in [-0.2, 0) is 27.4 Å². The van der Waals surface area contributed by atoms with Gasteiger partial charge >= 0.3 is 21.3 Å². The van der Waals surface area contributed by atoms with Crippen LogP contribution in [-0.4, -0.2) is 51.7 Å². The van der Waals surface area contributed by atoms with E-state index < -0.39 is 51.9 Å². The zero-order valence-electron chi connectivity index (χ0n) is 17.1. The van der Waals surface area contributed by atoms with E-state index in [-0.39, 0.29) is 20.7 Å². The van der Waals surface area contributed by atoms with Crippen molar-refractivity contribution in [2.75, 3.05) is 12.5 Å². The monoisotopic (exact) mass is 648 g/mol. The Balaban J connectivity index is 2.13. The lowest BCUT2D eigenvalue weighted by molar-refractivity contribution is -0.0543. The predicted molar refractivity (Wildman–Crippen MR) is 127 cm³/mol. The van der Waals surface area contributed by atoms with Gasteiger partial charge < -0.3 is 24.2 Å². The van der Waals surface area contributed by atoms with Crippen molar-refractivity contribution >= 4 is 59.8 Å². The first-order valence-electron chi connectivity index (χ1n) is 8.89. The highest BCUT2D eigenvalue weighted by molar-refractivity contribution is 14.1. The molecule has 1 aliphatic rings. The number of alkyl halides is 1. The Bertz CT molecular complexity index is 1010. The second kappa shape index (κ2) is 11.4. The van der Waals surface area contributed by atoms with Gasteiger partial charge in [0.25, 0.3) is 5.56 Å². The number of aromatic amines is 1. The molecule has 1 aliphatic heterocycles. The van der Waals surface area contributed by atoms with Crippen molar-refractivity contribution in [3.8, 4) is 0 Å². The van der Waals surface area contributed by atoms with Gasteiger partial charge in [0, 0.05) is 18.2 Å². The molecule has 13 nitrogen and oxygen atoms in total. The number of aromatic nitrogens is 2. The van der Waals surface area contributed by atoms with Crippen LogP contribution in [0, 0.1) is 6.92 Å². The van der Waals surface area contributed by atoms with Gasteiger partial charge in [0.05, 0.1) is 15.5 Å². The molecule has 0 aromatic carbocycles. The summed E-state index contributed by atoms with van der Waals surface area (Å²) in [5, 5.41) is 0. The summed E-state index contributed by atoms with van der Waals surface area (Å²) < 4.78 is 43.7. The molecule has 0 spiro atoms. The maximum atomic E-state index is 12.2. The summed E-state index contributed by atoms with van der Waals surface area (Å²) in [6.07, 6.45) is -1.08. The van der Waals surface area contributed by atoms with E-state index >= 15 is 0 Å². The van der Waals surface area contributed by atoms with Crippen molar-refractivity contribution in [2.45, 2.75) is 48.4 Å². The molecule has 4 N–H and O–H groups in total. The molecule has 0 radical (unpaired) electrons. The molecule has 0 aliphatic carbocycles. The first-order chi connectivity index (χ1) is 14.6. The summed E-state index contributed by atoms with van der Waals surface area (Å²) in [6.45, 7) is 4.93. The Hall–Kier alpha value is 0.290. The molecule has 1 aromatic heterocycles. The molecule has 0 bridgehead atoms. The topological polar surface area (TPSA) is 187 Å². The van der Waals surface area contributed by atoms with E-state index in [4.69, 9.17) is 19.3 Å². The van der Waals surface area contributed by atoms with Crippen LogP contribution in [0.3, 0.4) is 0 Å². The quantitative estimate of drug-likeness (QED) is 0.0685. The Morgan fingerprint density at radius 1 is 1.34 bits per heavy atom. The predicted octanol–water partition coefficient (Wildman–Crippen LogP) is 2.25. The second-order valence-corrected chi connectivity index (χ2v) is 16.2. The minimum Gasteiger partial charge on any atom is -0.364 e. The zero-order valence-corrected chi connectivity index (χ0v) is 22.7. The number of hydrogen-bond donors (Lipinski definition) is 4. The van der Waals surface area contributed by atoms with E-state index in [1.807, 2.05) is 13.8 Å². The van der Waals surface area contributed by atoms with Gasteiger partial charge in [0.15, 0.2) is 0 Å². The lowest BCUT2D eigenvalue weighted by Crippen LogP contribution is -2.33. The minimum absolute atomic E-state index is 0.0485. The number of aryl methyl sites for hydroxylation is 1. The minimum atomic E-state index is -5.27. The van der Waals surface area contributed by atoms with Crippen LogP contribution in [0.25, 0.3) is 0 Å². The number of H-pyrrole nitrogens is 1. The average Bonchev–Trinajstić information content (AvgIpc) is 3.00. The lowest BCUT2D eigenvalue weighted by atomic mass is 10.2. The number of nitrogens with one attached hydrogen (secondary N) is 1. The third-order valence-corrected chi connectivity index (χ3v) is 10.2. The first-order valence-corrected chi connectivity index (χ1v) is 15.3. The summed E-state index contributed by atoms with van der Waals surface area (Å²) in [5.74, 6) is 0.226. The molecule has 32 heavy (non-hydrogen) atoms. The molecule has 2 unspecified atom stereocenters. The lowest BCUT2D eigenvalue weighted by Gasteiger charge is -2.21. The Morgan fingerprint density at radius 2 is 2.00 bits per heavy atom. The molecular formula is C14H23IN2O11P2S2. The fourth-order valence-corrected chi connectivity index (χ4v) is 7.06. The number of ether oxygens (including phenoxy) is 2. The maximum Gasteiger partial charge on any atom is 0.481 e. The highest BCUT2D eigenvalue weighted by Crippen LogP contribution is 2.57. The molecule has 4 atom stereocenters. The molecule has 0 amide bonds. The van der Waals surface area contributed by atoms with Gasteiger partial charge in [0.1, 0.15) is 18.3 Å². The molecule has 1 fully saturated rings. The summed E-state index contributed by atoms with van der Waals surface area (Å²) in [4.78, 5) is 52.9. The third kappa shape index (κ3) is 9.50. The van der Waals surface area contributed by atoms with Crippen LogP contribution in [0.5, 0.6) is 0 Å². The van der Waals surface area contributed by atoms with E-state index in [0.29, 0.717) is 0 Å². The van der Waals surface area contributed by atoms with Crippen molar-refractivity contribution in [3.05, 3.63) is 32.6 Å². The van der Waals surface area contributed by atoms with E-state index in [2.05, 4.69) is 36.4 Å². The van der Waals surface area contributed by atoms with E-state index in [9.17, 15) is 23.6 Å². The van der Waals surface area contributed by atoms with E-state index in [1.54, 1.807) is 10.8 Å². The van der Waals surface area contributed by atoms with Crippen molar-refractivity contribution in [2.24, 2.45) is 0 Å². The molecule has 0 saturated carbocycles. The first kappa shape index (κ1) is 28.5. The summed E-state index contributed by atoms with van der Waals surface area (Å²) in [5.41, 5.74) is -0.973. The Kier molecular flexibility index (Phi) is 10.1. The smallest absolute Gasteiger partial charge is 0.364 e. The molecule has 184 valence electrons. The number of hydrogen-bond acceptors (Lipinski definition) is 10. The van der Waals surface area contributed by atoms with Gasteiger partial charge in [0.2, 0.25) is 0 Å². The van der Waals surface area contributed by atoms with Crippen molar-refractivity contribution in [3.63, 3.8) is 0 Å². The highest BCUT2D eigenvalue weighted by atomic mass is 127. The molecule has 2 heterocycles. The highest BCUT2D eigenvalue weighted by Gasteiger charge is 2.41. The van der Waals surface area contributed by atoms with Crippen molar-refractivity contribution < 1.29 is 42.1 Å². The standard InChI is InChI=1S/C14H23IN2O11P2S2/c1-8-5-17(13(19)16-12(8)18)11-4-9(25-7-31-32-14(2,3)15)10(27-11)6-26-30(23,24)28-29(20,21)22/h5,9-11H,4,6-7H2,1-3H3,(H,23,24)(H,16,18,19)(H2,20,21,22)/t9?,10-,11-/m1/s1. The van der Waals surface area contributed by atoms with Crippen LogP contribution in [0.1, 0.15) is 32.1 Å². The molecule has 1 aromatic rings. The maximum absolute atomic E-state index is 12.2. The van der Waals surface area contributed by atoms with Crippen LogP contribution < -0.4 is 11.2 Å². The summed E-state index contributed by atoms with van der Waals surface area (Å²) >= 11 is 2.26. The Morgan fingerprint density at radius 3 is 2.59 bits per heavy atom. The van der Waals surface area contributed by atoms with Crippen LogP contribution in [0.15, 0.2) is 15.8 Å². The number of nitrogens with zero attached hydrogens (tertiary/aromatic N) is 1. The van der Waals surface area contributed by atoms with Gasteiger partial charge in [-0.3, -0.25) is 18.9 Å². The zero-order chi connectivity index (χ0) is 24.3. The van der Waals surface area contributed by atoms with Crippen LogP contribution in [0.4, 0.5) is 0 Å². The molecule has 1 saturated heterocycles. The molecule has 2 rings (SSSR count). The van der Waals surface area contributed by atoms with E-state index in [1.165, 1.54) is 23.9 Å².